The summed E-state index contributed by atoms with van der Waals surface area (Å²) in [6, 6.07) is 12.2. The van der Waals surface area contributed by atoms with Gasteiger partial charge in [0.15, 0.2) is 5.49 Å². The van der Waals surface area contributed by atoms with Crippen molar-refractivity contribution in [1.29, 1.82) is 5.26 Å². The monoisotopic (exact) mass is 456 g/mol. The van der Waals surface area contributed by atoms with E-state index in [0.717, 1.165) is 18.1 Å². The molecule has 0 aliphatic heterocycles. The van der Waals surface area contributed by atoms with Crippen LogP contribution >= 0.6 is 0 Å². The zero-order valence-corrected chi connectivity index (χ0v) is 18.6. The number of nitro benzene ring substituents is 1. The largest absolute Gasteiger partial charge is 0.309 e. The van der Waals surface area contributed by atoms with Crippen molar-refractivity contribution in [1.82, 2.24) is 14.0 Å². The molecule has 4 aromatic rings. The Morgan fingerprint density at radius 2 is 2.03 bits per heavy atom. The number of non-ortho nitro benzene ring substituents is 1. The number of benzene rings is 1. The van der Waals surface area contributed by atoms with Gasteiger partial charge in [0.05, 0.1) is 15.9 Å². The topological polar surface area (TPSA) is 136 Å². The van der Waals surface area contributed by atoms with Gasteiger partial charge >= 0.3 is 0 Å². The SMILES string of the molecule is CCCCn1c(=NC(=O)c2cccc([N+](=O)[O-])c2)c(C#N)cc2c(=O)n3cccc(C)c3nc21. The summed E-state index contributed by atoms with van der Waals surface area (Å²) in [5.41, 5.74) is 1.11. The molecule has 170 valence electrons. The maximum atomic E-state index is 13.2. The van der Waals surface area contributed by atoms with Gasteiger partial charge in [-0.25, -0.2) is 4.98 Å². The molecule has 4 rings (SSSR count). The number of pyridine rings is 2. The number of amides is 1. The lowest BCUT2D eigenvalue weighted by Crippen LogP contribution is -2.29. The number of rotatable bonds is 5. The normalized spacial score (nSPS) is 11.6. The summed E-state index contributed by atoms with van der Waals surface area (Å²) < 4.78 is 3.04. The molecule has 34 heavy (non-hydrogen) atoms. The minimum absolute atomic E-state index is 0.0163. The Bertz CT molecular complexity index is 1640. The third kappa shape index (κ3) is 3.95. The molecule has 1 amide bonds. The maximum Gasteiger partial charge on any atom is 0.279 e. The number of aryl methyl sites for hydroxylation is 2. The van der Waals surface area contributed by atoms with Crippen molar-refractivity contribution in [2.45, 2.75) is 33.2 Å². The second-order valence-electron chi connectivity index (χ2n) is 7.76. The molecule has 0 radical (unpaired) electrons. The smallest absolute Gasteiger partial charge is 0.279 e. The first-order valence-electron chi connectivity index (χ1n) is 10.6. The van der Waals surface area contributed by atoms with Crippen molar-refractivity contribution >= 4 is 28.3 Å². The van der Waals surface area contributed by atoms with Crippen LogP contribution in [0.1, 0.15) is 41.3 Å². The highest BCUT2D eigenvalue weighted by Gasteiger charge is 2.17. The lowest BCUT2D eigenvalue weighted by molar-refractivity contribution is -0.384. The van der Waals surface area contributed by atoms with E-state index in [-0.39, 0.29) is 33.2 Å². The summed E-state index contributed by atoms with van der Waals surface area (Å²) in [5.74, 6) is -0.738. The van der Waals surface area contributed by atoms with E-state index in [0.29, 0.717) is 24.3 Å². The van der Waals surface area contributed by atoms with Gasteiger partial charge in [0.1, 0.15) is 17.4 Å². The Kier molecular flexibility index (Phi) is 6.01. The number of nitriles is 1. The van der Waals surface area contributed by atoms with Gasteiger partial charge in [-0.2, -0.15) is 10.3 Å². The zero-order valence-electron chi connectivity index (χ0n) is 18.6. The van der Waals surface area contributed by atoms with Gasteiger partial charge in [-0.3, -0.25) is 24.1 Å². The molecule has 0 N–H and O–H groups in total. The summed E-state index contributed by atoms with van der Waals surface area (Å²) in [5, 5.41) is 21.2. The Morgan fingerprint density at radius 1 is 1.24 bits per heavy atom. The molecular formula is C24H20N6O4. The van der Waals surface area contributed by atoms with E-state index in [1.54, 1.807) is 16.8 Å². The first kappa shape index (κ1) is 22.5. The first-order chi connectivity index (χ1) is 16.3. The van der Waals surface area contributed by atoms with Gasteiger partial charge in [-0.1, -0.05) is 25.5 Å². The average molecular weight is 456 g/mol. The third-order valence-corrected chi connectivity index (χ3v) is 5.47. The van der Waals surface area contributed by atoms with Gasteiger partial charge in [0.25, 0.3) is 17.2 Å². The summed E-state index contributed by atoms with van der Waals surface area (Å²) in [4.78, 5) is 45.5. The Labute approximate surface area is 193 Å². The molecule has 0 unspecified atom stereocenters. The fourth-order valence-corrected chi connectivity index (χ4v) is 3.73. The van der Waals surface area contributed by atoms with Crippen LogP contribution in [0.3, 0.4) is 0 Å². The molecule has 0 saturated heterocycles. The number of carbonyl (C=O) groups excluding carboxylic acids is 1. The molecule has 10 nitrogen and oxygen atoms in total. The van der Waals surface area contributed by atoms with Crippen LogP contribution in [0, 0.1) is 28.4 Å². The van der Waals surface area contributed by atoms with Crippen LogP contribution < -0.4 is 11.0 Å². The second-order valence-corrected chi connectivity index (χ2v) is 7.76. The van der Waals surface area contributed by atoms with Crippen LogP contribution in [0.4, 0.5) is 5.69 Å². The minimum atomic E-state index is -0.738. The van der Waals surface area contributed by atoms with Crippen LogP contribution in [0.25, 0.3) is 16.7 Å². The quantitative estimate of drug-likeness (QED) is 0.257. The van der Waals surface area contributed by atoms with E-state index in [4.69, 9.17) is 4.98 Å². The van der Waals surface area contributed by atoms with Crippen LogP contribution in [-0.2, 0) is 6.54 Å². The van der Waals surface area contributed by atoms with Crippen molar-refractivity contribution < 1.29 is 9.72 Å². The summed E-state index contributed by atoms with van der Waals surface area (Å²) in [6.45, 7) is 4.20. The number of nitrogens with zero attached hydrogens (tertiary/aromatic N) is 6. The maximum absolute atomic E-state index is 13.2. The molecule has 0 spiro atoms. The Hall–Kier alpha value is -4.65. The van der Waals surface area contributed by atoms with Crippen molar-refractivity contribution in [3.05, 3.63) is 91.3 Å². The van der Waals surface area contributed by atoms with Crippen LogP contribution in [0.15, 0.2) is 58.4 Å². The summed E-state index contributed by atoms with van der Waals surface area (Å²) in [6.07, 6.45) is 3.12. The van der Waals surface area contributed by atoms with E-state index in [9.17, 15) is 25.0 Å². The van der Waals surface area contributed by atoms with Crippen molar-refractivity contribution in [3.63, 3.8) is 0 Å². The summed E-state index contributed by atoms with van der Waals surface area (Å²) in [7, 11) is 0. The van der Waals surface area contributed by atoms with E-state index in [1.165, 1.54) is 28.7 Å². The molecule has 3 heterocycles. The lowest BCUT2D eigenvalue weighted by atomic mass is 10.2. The van der Waals surface area contributed by atoms with Crippen molar-refractivity contribution in [2.75, 3.05) is 0 Å². The zero-order chi connectivity index (χ0) is 24.4. The van der Waals surface area contributed by atoms with Crippen LogP contribution in [-0.4, -0.2) is 24.8 Å². The van der Waals surface area contributed by atoms with Gasteiger partial charge < -0.3 is 4.57 Å². The third-order valence-electron chi connectivity index (χ3n) is 5.47. The molecule has 0 aliphatic carbocycles. The van der Waals surface area contributed by atoms with E-state index in [2.05, 4.69) is 4.99 Å². The lowest BCUT2D eigenvalue weighted by Gasteiger charge is -2.13. The van der Waals surface area contributed by atoms with Crippen LogP contribution in [0.5, 0.6) is 0 Å². The van der Waals surface area contributed by atoms with E-state index >= 15 is 0 Å². The molecule has 0 aliphatic rings. The second kappa shape index (κ2) is 9.07. The van der Waals surface area contributed by atoms with Crippen molar-refractivity contribution in [3.8, 4) is 6.07 Å². The number of nitro groups is 1. The molecular weight excluding hydrogens is 436 g/mol. The van der Waals surface area contributed by atoms with E-state index < -0.39 is 10.8 Å². The number of aromatic nitrogens is 3. The molecule has 3 aromatic heterocycles. The predicted molar refractivity (Wildman–Crippen MR) is 124 cm³/mol. The molecule has 1 aromatic carbocycles. The van der Waals surface area contributed by atoms with Gasteiger partial charge in [-0.15, -0.1) is 0 Å². The molecule has 0 saturated carbocycles. The average Bonchev–Trinajstić information content (AvgIpc) is 2.84. The van der Waals surface area contributed by atoms with Gasteiger partial charge in [0.2, 0.25) is 0 Å². The number of unbranched alkanes of at least 4 members (excludes halogenated alkanes) is 1. The molecule has 0 bridgehead atoms. The van der Waals surface area contributed by atoms with Gasteiger partial charge in [0, 0.05) is 30.4 Å². The molecule has 10 heteroatoms. The highest BCUT2D eigenvalue weighted by atomic mass is 16.6. The highest BCUT2D eigenvalue weighted by molar-refractivity contribution is 5.95. The number of hydrogen-bond acceptors (Lipinski definition) is 6. The Balaban J connectivity index is 2.07. The minimum Gasteiger partial charge on any atom is -0.309 e. The van der Waals surface area contributed by atoms with Crippen molar-refractivity contribution in [2.24, 2.45) is 4.99 Å². The van der Waals surface area contributed by atoms with E-state index in [1.807, 2.05) is 26.0 Å². The number of hydrogen-bond donors (Lipinski definition) is 0. The number of fused-ring (bicyclic) bond motifs is 2. The fraction of sp³-hybridized carbons (Fsp3) is 0.208. The first-order valence-corrected chi connectivity index (χ1v) is 10.6. The molecule has 0 atom stereocenters. The predicted octanol–water partition coefficient (Wildman–Crippen LogP) is 3.28. The summed E-state index contributed by atoms with van der Waals surface area (Å²) >= 11 is 0. The fourth-order valence-electron chi connectivity index (χ4n) is 3.73. The number of carbonyl (C=O) groups is 1. The van der Waals surface area contributed by atoms with Crippen LogP contribution in [0.2, 0.25) is 0 Å². The molecule has 0 fully saturated rings. The Morgan fingerprint density at radius 3 is 2.74 bits per heavy atom. The van der Waals surface area contributed by atoms with Gasteiger partial charge in [-0.05, 0) is 37.1 Å². The standard InChI is InChI=1S/C24H20N6O4/c1-3-4-10-28-21(27-23(31)16-8-5-9-18(12-16)30(33)34)17(14-25)13-19-22(28)26-20-15(2)7-6-11-29(20)24(19)32/h5-9,11-13H,3-4,10H2,1-2H3. The highest BCUT2D eigenvalue weighted by Crippen LogP contribution is 2.15.